The Morgan fingerprint density at radius 3 is 0.825 bits per heavy atom. The van der Waals surface area contributed by atoms with Crippen LogP contribution in [0.1, 0.15) is 54.4 Å². The summed E-state index contributed by atoms with van der Waals surface area (Å²) in [6, 6.07) is 43.6. The zero-order valence-electron chi connectivity index (χ0n) is 25.2. The van der Waals surface area contributed by atoms with Crippen molar-refractivity contribution in [3.05, 3.63) is 121 Å². The highest BCUT2D eigenvalue weighted by Crippen LogP contribution is 2.38. The molecule has 0 fully saturated rings. The first-order chi connectivity index (χ1) is 19.1. The van der Waals surface area contributed by atoms with Crippen molar-refractivity contribution in [2.24, 2.45) is 0 Å². The van der Waals surface area contributed by atoms with Crippen LogP contribution < -0.4 is 20.7 Å². The molecule has 0 radical (unpaired) electrons. The molecule has 0 heterocycles. The van der Waals surface area contributed by atoms with Gasteiger partial charge in [-0.25, -0.2) is 0 Å². The molecule has 4 aromatic rings. The zero-order chi connectivity index (χ0) is 28.7. The van der Waals surface area contributed by atoms with Gasteiger partial charge in [0.05, 0.1) is 0 Å². The molecule has 0 atom stereocenters. The maximum Gasteiger partial charge on any atom is 0.261 e. The van der Waals surface area contributed by atoms with E-state index in [9.17, 15) is 0 Å². The normalized spacial score (nSPS) is 12.8. The second-order valence-electron chi connectivity index (χ2n) is 12.7. The summed E-state index contributed by atoms with van der Waals surface area (Å²) in [4.78, 5) is 0. The molecule has 4 aromatic carbocycles. The Morgan fingerprint density at radius 2 is 0.625 bits per heavy atom. The fourth-order valence-corrected chi connectivity index (χ4v) is 15.4. The van der Waals surface area contributed by atoms with Crippen LogP contribution in [0.5, 0.6) is 0 Å². The van der Waals surface area contributed by atoms with Crippen LogP contribution in [0.25, 0.3) is 0 Å². The van der Waals surface area contributed by atoms with Gasteiger partial charge in [0.15, 0.2) is 0 Å². The molecule has 210 valence electrons. The Balaban J connectivity index is 1.54. The van der Waals surface area contributed by atoms with E-state index in [2.05, 4.69) is 163 Å². The lowest BCUT2D eigenvalue weighted by Gasteiger charge is -2.43. The minimum absolute atomic E-state index is 0.0128. The monoisotopic (exact) mass is 566 g/mol. The highest BCUT2D eigenvalue weighted by Gasteiger charge is 2.51. The van der Waals surface area contributed by atoms with Crippen LogP contribution in [0.3, 0.4) is 0 Å². The predicted molar refractivity (Wildman–Crippen MR) is 176 cm³/mol. The maximum absolute atomic E-state index is 7.13. The molecule has 0 saturated heterocycles. The molecule has 0 aliphatic rings. The summed E-state index contributed by atoms with van der Waals surface area (Å²) in [5.41, 5.74) is 0. The zero-order valence-corrected chi connectivity index (χ0v) is 27.2. The van der Waals surface area contributed by atoms with Gasteiger partial charge in [0.1, 0.15) is 0 Å². The summed E-state index contributed by atoms with van der Waals surface area (Å²) in [6.07, 6.45) is 1.92. The molecule has 2 nitrogen and oxygen atoms in total. The molecule has 0 aliphatic heterocycles. The van der Waals surface area contributed by atoms with E-state index < -0.39 is 16.6 Å². The Labute approximate surface area is 244 Å². The minimum Gasteiger partial charge on any atom is -0.407 e. The molecule has 0 unspecified atom stereocenters. The first-order valence-corrected chi connectivity index (χ1v) is 18.4. The molecule has 40 heavy (non-hydrogen) atoms. The lowest BCUT2D eigenvalue weighted by atomic mass is 10.2. The standard InChI is InChI=1S/C36H46O2Si2/c1-35(2,3)39(31-21-11-7-12-22-31,32-23-13-8-14-24-32)37-29-19-20-30-38-40(36(4,5)6,33-25-15-9-16-26-33)34-27-17-10-18-28-34/h7-18,21-28H,19-20,29-30H2,1-6H3. The first-order valence-electron chi connectivity index (χ1n) is 14.6. The molecule has 0 bridgehead atoms. The van der Waals surface area contributed by atoms with Crippen LogP contribution in [0.2, 0.25) is 10.1 Å². The van der Waals surface area contributed by atoms with E-state index in [4.69, 9.17) is 8.85 Å². The van der Waals surface area contributed by atoms with Gasteiger partial charge in [0, 0.05) is 13.2 Å². The first kappa shape index (κ1) is 30.2. The van der Waals surface area contributed by atoms with Crippen LogP contribution in [0, 0.1) is 0 Å². The molecule has 0 spiro atoms. The molecular weight excluding hydrogens is 521 g/mol. The third kappa shape index (κ3) is 6.11. The summed E-state index contributed by atoms with van der Waals surface area (Å²) >= 11 is 0. The largest absolute Gasteiger partial charge is 0.407 e. The van der Waals surface area contributed by atoms with E-state index in [1.54, 1.807) is 0 Å². The second kappa shape index (κ2) is 12.8. The summed E-state index contributed by atoms with van der Waals surface area (Å²) in [6.45, 7) is 15.5. The molecule has 0 aromatic heterocycles. The van der Waals surface area contributed by atoms with Crippen molar-refractivity contribution in [2.45, 2.75) is 64.5 Å². The molecule has 0 saturated carbocycles. The number of hydrogen-bond donors (Lipinski definition) is 0. The van der Waals surface area contributed by atoms with Crippen LogP contribution in [-0.4, -0.2) is 29.8 Å². The fraction of sp³-hybridized carbons (Fsp3) is 0.333. The fourth-order valence-electron chi connectivity index (χ4n) is 6.18. The van der Waals surface area contributed by atoms with Gasteiger partial charge in [-0.3, -0.25) is 0 Å². The second-order valence-corrected chi connectivity index (χ2v) is 21.3. The average Bonchev–Trinajstić information content (AvgIpc) is 2.95. The van der Waals surface area contributed by atoms with Gasteiger partial charge in [0.2, 0.25) is 0 Å². The lowest BCUT2D eigenvalue weighted by Crippen LogP contribution is -2.66. The lowest BCUT2D eigenvalue weighted by molar-refractivity contribution is 0.250. The van der Waals surface area contributed by atoms with Crippen molar-refractivity contribution in [3.8, 4) is 0 Å². The van der Waals surface area contributed by atoms with E-state index in [1.807, 2.05) is 0 Å². The van der Waals surface area contributed by atoms with E-state index in [1.165, 1.54) is 20.7 Å². The quantitative estimate of drug-likeness (QED) is 0.145. The highest BCUT2D eigenvalue weighted by atomic mass is 28.4. The highest BCUT2D eigenvalue weighted by molar-refractivity contribution is 7.00. The Kier molecular flexibility index (Phi) is 9.68. The van der Waals surface area contributed by atoms with E-state index in [0.717, 1.165) is 26.1 Å². The smallest absolute Gasteiger partial charge is 0.261 e. The molecular formula is C36H46O2Si2. The summed E-state index contributed by atoms with van der Waals surface area (Å²) < 4.78 is 14.3. The van der Waals surface area contributed by atoms with Crippen molar-refractivity contribution >= 4 is 37.4 Å². The van der Waals surface area contributed by atoms with Gasteiger partial charge in [-0.1, -0.05) is 163 Å². The third-order valence-electron chi connectivity index (χ3n) is 8.01. The van der Waals surface area contributed by atoms with Crippen LogP contribution in [-0.2, 0) is 8.85 Å². The van der Waals surface area contributed by atoms with Crippen molar-refractivity contribution < 1.29 is 8.85 Å². The van der Waals surface area contributed by atoms with Gasteiger partial charge in [-0.05, 0) is 43.7 Å². The molecule has 4 heteroatoms. The number of unbranched alkanes of at least 4 members (excludes halogenated alkanes) is 1. The van der Waals surface area contributed by atoms with Gasteiger partial charge in [-0.2, -0.15) is 0 Å². The number of benzene rings is 4. The summed E-state index contributed by atoms with van der Waals surface area (Å²) in [5.74, 6) is 0. The van der Waals surface area contributed by atoms with Crippen molar-refractivity contribution in [1.82, 2.24) is 0 Å². The molecule has 0 N–H and O–H groups in total. The van der Waals surface area contributed by atoms with Gasteiger partial charge >= 0.3 is 0 Å². The number of hydrogen-bond acceptors (Lipinski definition) is 2. The SMILES string of the molecule is CC(C)(C)[Si](OCCCCO[Si](c1ccccc1)(c1ccccc1)C(C)(C)C)(c1ccccc1)c1ccccc1. The van der Waals surface area contributed by atoms with Crippen LogP contribution in [0.15, 0.2) is 121 Å². The van der Waals surface area contributed by atoms with Gasteiger partial charge in [-0.15, -0.1) is 0 Å². The Bertz CT molecular complexity index is 1110. The summed E-state index contributed by atoms with van der Waals surface area (Å²) in [7, 11) is -5.03. The number of rotatable bonds is 11. The van der Waals surface area contributed by atoms with E-state index in [-0.39, 0.29) is 10.1 Å². The van der Waals surface area contributed by atoms with Gasteiger partial charge in [0.25, 0.3) is 16.6 Å². The van der Waals surface area contributed by atoms with Crippen LogP contribution >= 0.6 is 0 Å². The van der Waals surface area contributed by atoms with E-state index >= 15 is 0 Å². The third-order valence-corrected chi connectivity index (χ3v) is 18.1. The van der Waals surface area contributed by atoms with Crippen LogP contribution in [0.4, 0.5) is 0 Å². The molecule has 0 amide bonds. The van der Waals surface area contributed by atoms with Crippen molar-refractivity contribution in [1.29, 1.82) is 0 Å². The Morgan fingerprint density at radius 1 is 0.400 bits per heavy atom. The molecule has 0 aliphatic carbocycles. The van der Waals surface area contributed by atoms with E-state index in [0.29, 0.717) is 0 Å². The predicted octanol–water partition coefficient (Wildman–Crippen LogP) is 6.92. The maximum atomic E-state index is 7.13. The Hall–Kier alpha value is -2.77. The van der Waals surface area contributed by atoms with Crippen molar-refractivity contribution in [2.75, 3.05) is 13.2 Å². The van der Waals surface area contributed by atoms with Crippen molar-refractivity contribution in [3.63, 3.8) is 0 Å². The minimum atomic E-state index is -2.51. The average molecular weight is 567 g/mol. The van der Waals surface area contributed by atoms with Gasteiger partial charge < -0.3 is 8.85 Å². The molecule has 4 rings (SSSR count). The summed E-state index contributed by atoms with van der Waals surface area (Å²) in [5, 5.41) is 5.30. The topological polar surface area (TPSA) is 18.5 Å².